The monoisotopic (exact) mass is 437 g/mol. The summed E-state index contributed by atoms with van der Waals surface area (Å²) in [5.74, 6) is -4.42. The molecule has 3 rings (SSSR count). The van der Waals surface area contributed by atoms with Crippen LogP contribution in [0.4, 0.5) is 26.7 Å². The van der Waals surface area contributed by atoms with Crippen LogP contribution in [0.1, 0.15) is 32.1 Å². The second-order valence-electron chi connectivity index (χ2n) is 7.24. The van der Waals surface area contributed by atoms with Gasteiger partial charge in [0.05, 0.1) is 18.8 Å². The molecule has 2 aliphatic heterocycles. The fraction of sp³-hybridized carbons (Fsp3) is 0.611. The number of alkyl halides is 5. The SMILES string of the molecule is O=C(Oc1ccc(OC(F)(F)F)cn1)N1CC(N2CCCCCC2=O)CC(F)(F)C1. The third-order valence-corrected chi connectivity index (χ3v) is 4.83. The fourth-order valence-electron chi connectivity index (χ4n) is 3.58. The zero-order valence-electron chi connectivity index (χ0n) is 15.8. The van der Waals surface area contributed by atoms with Gasteiger partial charge in [-0.15, -0.1) is 13.2 Å². The Morgan fingerprint density at radius 2 is 1.97 bits per heavy atom. The van der Waals surface area contributed by atoms with Crippen molar-refractivity contribution in [2.45, 2.75) is 50.4 Å². The van der Waals surface area contributed by atoms with Crippen molar-refractivity contribution in [1.29, 1.82) is 0 Å². The minimum absolute atomic E-state index is 0.130. The Balaban J connectivity index is 1.66. The molecule has 0 saturated carbocycles. The van der Waals surface area contributed by atoms with Crippen LogP contribution < -0.4 is 9.47 Å². The van der Waals surface area contributed by atoms with Gasteiger partial charge in [-0.3, -0.25) is 9.69 Å². The molecule has 12 heteroatoms. The molecule has 2 aliphatic rings. The first-order valence-electron chi connectivity index (χ1n) is 9.38. The number of hydrogen-bond acceptors (Lipinski definition) is 5. The molecule has 2 saturated heterocycles. The van der Waals surface area contributed by atoms with Crippen molar-refractivity contribution in [3.8, 4) is 11.6 Å². The van der Waals surface area contributed by atoms with Gasteiger partial charge in [-0.25, -0.2) is 18.6 Å². The maximum Gasteiger partial charge on any atom is 0.573 e. The van der Waals surface area contributed by atoms with Gasteiger partial charge in [-0.1, -0.05) is 6.42 Å². The quantitative estimate of drug-likeness (QED) is 0.676. The zero-order valence-corrected chi connectivity index (χ0v) is 15.8. The van der Waals surface area contributed by atoms with E-state index in [2.05, 4.69) is 9.72 Å². The standard InChI is InChI=1S/C18H20F5N3O4/c19-17(20)8-12(26-7-3-1-2-4-15(26)27)10-25(11-17)16(28)29-14-6-5-13(9-24-14)30-18(21,22)23/h5-6,9,12H,1-4,7-8,10-11H2. The van der Waals surface area contributed by atoms with Crippen molar-refractivity contribution in [2.75, 3.05) is 19.6 Å². The van der Waals surface area contributed by atoms with Gasteiger partial charge in [-0.05, 0) is 18.9 Å². The molecule has 0 N–H and O–H groups in total. The van der Waals surface area contributed by atoms with E-state index in [4.69, 9.17) is 4.74 Å². The highest BCUT2D eigenvalue weighted by Crippen LogP contribution is 2.31. The molecule has 1 atom stereocenters. The largest absolute Gasteiger partial charge is 0.573 e. The molecule has 1 aromatic rings. The number of amides is 2. The molecule has 1 aromatic heterocycles. The third kappa shape index (κ3) is 5.92. The molecule has 0 radical (unpaired) electrons. The topological polar surface area (TPSA) is 72.0 Å². The maximum atomic E-state index is 14.3. The second-order valence-corrected chi connectivity index (χ2v) is 7.24. The summed E-state index contributed by atoms with van der Waals surface area (Å²) in [7, 11) is 0. The van der Waals surface area contributed by atoms with Gasteiger partial charge < -0.3 is 14.4 Å². The number of carbonyl (C=O) groups is 2. The first-order chi connectivity index (χ1) is 14.0. The number of ether oxygens (including phenoxy) is 2. The number of piperidine rings is 1. The average molecular weight is 437 g/mol. The van der Waals surface area contributed by atoms with Crippen molar-refractivity contribution < 1.29 is 41.0 Å². The summed E-state index contributed by atoms with van der Waals surface area (Å²) in [5, 5.41) is 0. The van der Waals surface area contributed by atoms with E-state index in [-0.39, 0.29) is 24.8 Å². The van der Waals surface area contributed by atoms with E-state index in [1.165, 1.54) is 4.90 Å². The lowest BCUT2D eigenvalue weighted by molar-refractivity contribution is -0.274. The molecule has 2 amide bonds. The minimum atomic E-state index is -4.90. The number of carbonyl (C=O) groups excluding carboxylic acids is 2. The highest BCUT2D eigenvalue weighted by atomic mass is 19.4. The number of halogens is 5. The highest BCUT2D eigenvalue weighted by Gasteiger charge is 2.45. The van der Waals surface area contributed by atoms with Crippen LogP contribution in [0.25, 0.3) is 0 Å². The molecular formula is C18H20F5N3O4. The van der Waals surface area contributed by atoms with Crippen LogP contribution >= 0.6 is 0 Å². The van der Waals surface area contributed by atoms with Crippen LogP contribution in [0.15, 0.2) is 18.3 Å². The summed E-state index contributed by atoms with van der Waals surface area (Å²) in [5.41, 5.74) is 0. The Morgan fingerprint density at radius 1 is 1.20 bits per heavy atom. The Labute approximate surface area is 168 Å². The summed E-state index contributed by atoms with van der Waals surface area (Å²) >= 11 is 0. The summed E-state index contributed by atoms with van der Waals surface area (Å²) in [6.45, 7) is -0.667. The molecule has 7 nitrogen and oxygen atoms in total. The van der Waals surface area contributed by atoms with E-state index >= 15 is 0 Å². The number of hydrogen-bond donors (Lipinski definition) is 0. The summed E-state index contributed by atoms with van der Waals surface area (Å²) < 4.78 is 73.6. The Kier molecular flexibility index (Phi) is 6.32. The zero-order chi connectivity index (χ0) is 21.9. The minimum Gasteiger partial charge on any atom is -0.404 e. The molecule has 0 bridgehead atoms. The van der Waals surface area contributed by atoms with E-state index in [9.17, 15) is 31.5 Å². The molecule has 0 aromatic carbocycles. The molecule has 2 fully saturated rings. The molecular weight excluding hydrogens is 417 g/mol. The molecule has 3 heterocycles. The van der Waals surface area contributed by atoms with Gasteiger partial charge in [0.2, 0.25) is 11.8 Å². The number of nitrogens with zero attached hydrogens (tertiary/aromatic N) is 3. The lowest BCUT2D eigenvalue weighted by atomic mass is 10.0. The Bertz CT molecular complexity index is 772. The Hall–Kier alpha value is -2.66. The normalized spacial score (nSPS) is 22.4. The molecule has 166 valence electrons. The number of rotatable bonds is 3. The van der Waals surface area contributed by atoms with Crippen LogP contribution in [-0.4, -0.2) is 64.7 Å². The Morgan fingerprint density at radius 3 is 2.63 bits per heavy atom. The smallest absolute Gasteiger partial charge is 0.404 e. The van der Waals surface area contributed by atoms with E-state index < -0.39 is 43.1 Å². The van der Waals surface area contributed by atoms with Gasteiger partial charge >= 0.3 is 12.5 Å². The molecule has 0 aliphatic carbocycles. The summed E-state index contributed by atoms with van der Waals surface area (Å²) in [4.78, 5) is 30.3. The lowest BCUT2D eigenvalue weighted by Crippen LogP contribution is -2.58. The number of likely N-dealkylation sites (tertiary alicyclic amines) is 2. The van der Waals surface area contributed by atoms with Crippen LogP contribution in [0, 0.1) is 0 Å². The van der Waals surface area contributed by atoms with Gasteiger partial charge in [0.15, 0.2) is 0 Å². The molecule has 1 unspecified atom stereocenters. The maximum absolute atomic E-state index is 14.3. The van der Waals surface area contributed by atoms with Gasteiger partial charge in [0.1, 0.15) is 5.75 Å². The lowest BCUT2D eigenvalue weighted by Gasteiger charge is -2.41. The first-order valence-corrected chi connectivity index (χ1v) is 9.38. The van der Waals surface area contributed by atoms with Crippen molar-refractivity contribution >= 4 is 12.0 Å². The van der Waals surface area contributed by atoms with Crippen LogP contribution in [0.5, 0.6) is 11.6 Å². The van der Waals surface area contributed by atoms with Crippen molar-refractivity contribution in [3.63, 3.8) is 0 Å². The van der Waals surface area contributed by atoms with Gasteiger partial charge in [0, 0.05) is 32.0 Å². The summed E-state index contributed by atoms with van der Waals surface area (Å²) in [6.07, 6.45) is -3.38. The van der Waals surface area contributed by atoms with E-state index in [0.717, 1.165) is 23.5 Å². The van der Waals surface area contributed by atoms with Gasteiger partial charge in [-0.2, -0.15) is 0 Å². The average Bonchev–Trinajstić information content (AvgIpc) is 2.85. The first kappa shape index (κ1) is 22.0. The van der Waals surface area contributed by atoms with Crippen LogP contribution in [0.2, 0.25) is 0 Å². The van der Waals surface area contributed by atoms with Crippen molar-refractivity contribution in [3.05, 3.63) is 18.3 Å². The van der Waals surface area contributed by atoms with Crippen molar-refractivity contribution in [1.82, 2.24) is 14.8 Å². The number of aromatic nitrogens is 1. The van der Waals surface area contributed by atoms with Crippen LogP contribution in [0.3, 0.4) is 0 Å². The molecule has 30 heavy (non-hydrogen) atoms. The van der Waals surface area contributed by atoms with Crippen LogP contribution in [-0.2, 0) is 4.79 Å². The second kappa shape index (κ2) is 8.60. The predicted molar refractivity (Wildman–Crippen MR) is 92.1 cm³/mol. The fourth-order valence-corrected chi connectivity index (χ4v) is 3.58. The molecule has 0 spiro atoms. The summed E-state index contributed by atoms with van der Waals surface area (Å²) in [6, 6.07) is 0.992. The van der Waals surface area contributed by atoms with E-state index in [1.54, 1.807) is 0 Å². The predicted octanol–water partition coefficient (Wildman–Crippen LogP) is 3.59. The van der Waals surface area contributed by atoms with E-state index in [0.29, 0.717) is 25.6 Å². The third-order valence-electron chi connectivity index (χ3n) is 4.83. The van der Waals surface area contributed by atoms with Crippen molar-refractivity contribution in [2.24, 2.45) is 0 Å². The number of pyridine rings is 1. The van der Waals surface area contributed by atoms with Gasteiger partial charge in [0.25, 0.3) is 5.92 Å². The van der Waals surface area contributed by atoms with E-state index in [1.807, 2.05) is 0 Å². The highest BCUT2D eigenvalue weighted by molar-refractivity contribution is 5.77.